The number of carbonyl (C=O) groups excluding carboxylic acids is 1. The molecule has 2 fully saturated rings. The van der Waals surface area contributed by atoms with Crippen molar-refractivity contribution in [3.8, 4) is 0 Å². The van der Waals surface area contributed by atoms with E-state index in [4.69, 9.17) is 0 Å². The molecule has 7 heteroatoms. The maximum absolute atomic E-state index is 14.2. The molecule has 3 rings (SSSR count). The van der Waals surface area contributed by atoms with E-state index in [-0.39, 0.29) is 18.0 Å². The van der Waals surface area contributed by atoms with Crippen LogP contribution in [0.3, 0.4) is 0 Å². The van der Waals surface area contributed by atoms with Gasteiger partial charge in [-0.3, -0.25) is 4.79 Å². The number of anilines is 1. The van der Waals surface area contributed by atoms with Crippen molar-refractivity contribution in [3.05, 3.63) is 22.6 Å². The molecule has 1 atom stereocenters. The summed E-state index contributed by atoms with van der Waals surface area (Å²) in [5, 5.41) is 9.64. The molecule has 1 N–H and O–H groups in total. The molecular formula is C20H29BrFN3O2. The summed E-state index contributed by atoms with van der Waals surface area (Å²) in [6.45, 7) is 2.43. The number of amides is 1. The highest BCUT2D eigenvalue weighted by atomic mass is 79.9. The van der Waals surface area contributed by atoms with Gasteiger partial charge in [0.2, 0.25) is 6.41 Å². The van der Waals surface area contributed by atoms with Crippen LogP contribution in [0.25, 0.3) is 0 Å². The lowest BCUT2D eigenvalue weighted by Crippen LogP contribution is -2.39. The van der Waals surface area contributed by atoms with E-state index in [9.17, 15) is 14.3 Å². The van der Waals surface area contributed by atoms with E-state index in [0.717, 1.165) is 77.4 Å². The van der Waals surface area contributed by atoms with E-state index in [2.05, 4.69) is 25.8 Å². The SMILES string of the molecule is O=CN(CCCC1CCCN(c2ncc(Br)cc2F)C1)C1CCC(O)CC1. The molecule has 1 unspecified atom stereocenters. The first-order valence-electron chi connectivity index (χ1n) is 10.0. The minimum absolute atomic E-state index is 0.199. The third-order valence-corrected chi connectivity index (χ3v) is 6.34. The molecule has 1 amide bonds. The Morgan fingerprint density at radius 2 is 2.11 bits per heavy atom. The lowest BCUT2D eigenvalue weighted by Gasteiger charge is -2.35. The highest BCUT2D eigenvalue weighted by molar-refractivity contribution is 9.10. The Labute approximate surface area is 169 Å². The van der Waals surface area contributed by atoms with Gasteiger partial charge in [-0.25, -0.2) is 9.37 Å². The lowest BCUT2D eigenvalue weighted by molar-refractivity contribution is -0.121. The average Bonchev–Trinajstić information content (AvgIpc) is 2.66. The second kappa shape index (κ2) is 9.82. The van der Waals surface area contributed by atoms with Crippen LogP contribution in [0.2, 0.25) is 0 Å². The second-order valence-electron chi connectivity index (χ2n) is 7.86. The van der Waals surface area contributed by atoms with Crippen LogP contribution in [-0.2, 0) is 4.79 Å². The number of aliphatic hydroxyl groups is 1. The molecular weight excluding hydrogens is 413 g/mol. The van der Waals surface area contributed by atoms with E-state index in [1.165, 1.54) is 6.07 Å². The summed E-state index contributed by atoms with van der Waals surface area (Å²) >= 11 is 3.25. The van der Waals surface area contributed by atoms with Crippen LogP contribution in [0.1, 0.15) is 51.4 Å². The maximum atomic E-state index is 14.2. The fourth-order valence-corrected chi connectivity index (χ4v) is 4.71. The van der Waals surface area contributed by atoms with E-state index in [1.807, 2.05) is 4.90 Å². The zero-order valence-corrected chi connectivity index (χ0v) is 17.3. The van der Waals surface area contributed by atoms with Crippen molar-refractivity contribution < 1.29 is 14.3 Å². The first-order chi connectivity index (χ1) is 13.1. The van der Waals surface area contributed by atoms with E-state index in [1.54, 1.807) is 6.20 Å². The average molecular weight is 442 g/mol. The topological polar surface area (TPSA) is 56.7 Å². The number of carbonyl (C=O) groups is 1. The van der Waals surface area contributed by atoms with Gasteiger partial charge in [0.25, 0.3) is 0 Å². The molecule has 2 aliphatic rings. The monoisotopic (exact) mass is 441 g/mol. The first kappa shape index (κ1) is 20.5. The van der Waals surface area contributed by atoms with Gasteiger partial charge in [-0.2, -0.15) is 0 Å². The van der Waals surface area contributed by atoms with Crippen molar-refractivity contribution in [2.45, 2.75) is 63.5 Å². The van der Waals surface area contributed by atoms with Gasteiger partial charge in [-0.1, -0.05) is 0 Å². The van der Waals surface area contributed by atoms with Crippen molar-refractivity contribution >= 4 is 28.2 Å². The van der Waals surface area contributed by atoms with Crippen LogP contribution < -0.4 is 4.90 Å². The summed E-state index contributed by atoms with van der Waals surface area (Å²) in [6, 6.07) is 1.74. The maximum Gasteiger partial charge on any atom is 0.209 e. The third-order valence-electron chi connectivity index (χ3n) is 5.91. The Morgan fingerprint density at radius 3 is 2.81 bits per heavy atom. The standard InChI is InChI=1S/C20H29BrFN3O2/c21-16-11-19(22)20(23-12-16)24-9-1-3-15(13-24)4-2-10-25(14-26)17-5-7-18(27)8-6-17/h11-12,14-15,17-18,27H,1-10,13H2. The van der Waals surface area contributed by atoms with Crippen LogP contribution in [0, 0.1) is 11.7 Å². The van der Waals surface area contributed by atoms with Gasteiger partial charge >= 0.3 is 0 Å². The second-order valence-corrected chi connectivity index (χ2v) is 8.78. The van der Waals surface area contributed by atoms with Gasteiger partial charge in [0.15, 0.2) is 11.6 Å². The third kappa shape index (κ3) is 5.64. The predicted molar refractivity (Wildman–Crippen MR) is 107 cm³/mol. The molecule has 5 nitrogen and oxygen atoms in total. The molecule has 1 saturated carbocycles. The Morgan fingerprint density at radius 1 is 1.33 bits per heavy atom. The first-order valence-corrected chi connectivity index (χ1v) is 10.8. The van der Waals surface area contributed by atoms with E-state index >= 15 is 0 Å². The van der Waals surface area contributed by atoms with Gasteiger partial charge < -0.3 is 14.9 Å². The molecule has 1 saturated heterocycles. The normalized spacial score (nSPS) is 26.0. The molecule has 1 aromatic rings. The number of halogens is 2. The zero-order chi connectivity index (χ0) is 19.2. The number of hydrogen-bond acceptors (Lipinski definition) is 4. The molecule has 27 heavy (non-hydrogen) atoms. The lowest BCUT2D eigenvalue weighted by atomic mass is 9.91. The molecule has 0 aromatic carbocycles. The van der Waals surface area contributed by atoms with Gasteiger partial charge in [0.1, 0.15) is 0 Å². The smallest absolute Gasteiger partial charge is 0.209 e. The molecule has 1 aliphatic carbocycles. The molecule has 150 valence electrons. The van der Waals surface area contributed by atoms with Crippen molar-refractivity contribution in [1.82, 2.24) is 9.88 Å². The Balaban J connectivity index is 1.47. The summed E-state index contributed by atoms with van der Waals surface area (Å²) < 4.78 is 14.9. The molecule has 0 radical (unpaired) electrons. The van der Waals surface area contributed by atoms with Crippen molar-refractivity contribution in [1.29, 1.82) is 0 Å². The highest BCUT2D eigenvalue weighted by Gasteiger charge is 2.25. The summed E-state index contributed by atoms with van der Waals surface area (Å²) in [6.07, 6.45) is 9.97. The van der Waals surface area contributed by atoms with Crippen LogP contribution in [0.15, 0.2) is 16.7 Å². The van der Waals surface area contributed by atoms with Crippen LogP contribution >= 0.6 is 15.9 Å². The van der Waals surface area contributed by atoms with Crippen molar-refractivity contribution in [2.24, 2.45) is 5.92 Å². The van der Waals surface area contributed by atoms with Crippen LogP contribution in [0.4, 0.5) is 10.2 Å². The predicted octanol–water partition coefficient (Wildman–Crippen LogP) is 3.74. The van der Waals surface area contributed by atoms with Crippen LogP contribution in [0.5, 0.6) is 0 Å². The van der Waals surface area contributed by atoms with Gasteiger partial charge in [0, 0.05) is 36.3 Å². The quantitative estimate of drug-likeness (QED) is 0.654. The van der Waals surface area contributed by atoms with Crippen molar-refractivity contribution in [2.75, 3.05) is 24.5 Å². The molecule has 2 heterocycles. The fraction of sp³-hybridized carbons (Fsp3) is 0.700. The van der Waals surface area contributed by atoms with Gasteiger partial charge in [0.05, 0.1) is 6.10 Å². The number of rotatable bonds is 7. The summed E-state index contributed by atoms with van der Waals surface area (Å²) in [7, 11) is 0. The van der Waals surface area contributed by atoms with E-state index in [0.29, 0.717) is 16.2 Å². The zero-order valence-electron chi connectivity index (χ0n) is 15.7. The largest absolute Gasteiger partial charge is 0.393 e. The number of nitrogens with zero attached hydrogens (tertiary/aromatic N) is 3. The molecule has 0 bridgehead atoms. The fourth-order valence-electron chi connectivity index (χ4n) is 4.41. The minimum atomic E-state index is -0.281. The molecule has 1 aliphatic heterocycles. The Hall–Kier alpha value is -1.21. The summed E-state index contributed by atoms with van der Waals surface area (Å²) in [5.74, 6) is 0.667. The number of hydrogen-bond donors (Lipinski definition) is 1. The van der Waals surface area contributed by atoms with Crippen molar-refractivity contribution in [3.63, 3.8) is 0 Å². The number of pyridine rings is 1. The molecule has 0 spiro atoms. The summed E-state index contributed by atoms with van der Waals surface area (Å²) in [4.78, 5) is 19.7. The molecule has 1 aromatic heterocycles. The summed E-state index contributed by atoms with van der Waals surface area (Å²) in [5.41, 5.74) is 0. The Bertz CT molecular complexity index is 625. The highest BCUT2D eigenvalue weighted by Crippen LogP contribution is 2.28. The number of piperidine rings is 1. The van der Waals surface area contributed by atoms with Gasteiger partial charge in [-0.15, -0.1) is 0 Å². The number of aromatic nitrogens is 1. The van der Waals surface area contributed by atoms with Crippen LogP contribution in [-0.4, -0.2) is 53.2 Å². The minimum Gasteiger partial charge on any atom is -0.393 e. The Kier molecular flexibility index (Phi) is 7.47. The van der Waals surface area contributed by atoms with Gasteiger partial charge in [-0.05, 0) is 79.3 Å². The van der Waals surface area contributed by atoms with E-state index < -0.39 is 0 Å². The number of aliphatic hydroxyl groups excluding tert-OH is 1.